The minimum Gasteiger partial charge on any atom is -0.461 e. The predicted molar refractivity (Wildman–Crippen MR) is 132 cm³/mol. The zero-order chi connectivity index (χ0) is 25.3. The van der Waals surface area contributed by atoms with Crippen LogP contribution in [0.3, 0.4) is 0 Å². The molecule has 178 valence electrons. The molecule has 2 aromatic carbocycles. The van der Waals surface area contributed by atoms with Crippen molar-refractivity contribution in [3.63, 3.8) is 0 Å². The Labute approximate surface area is 202 Å². The molecule has 1 N–H and O–H groups in total. The van der Waals surface area contributed by atoms with Gasteiger partial charge in [-0.15, -0.1) is 11.3 Å². The number of fused-ring (bicyclic) bond motifs is 1. The normalized spacial score (nSPS) is 10.8. The summed E-state index contributed by atoms with van der Waals surface area (Å²) in [5.41, 5.74) is 1.20. The van der Waals surface area contributed by atoms with Crippen molar-refractivity contribution in [1.29, 1.82) is 0 Å². The molecule has 2 heterocycles. The van der Waals surface area contributed by atoms with Crippen molar-refractivity contribution in [2.75, 3.05) is 11.9 Å². The fraction of sp³-hybridized carbons (Fsp3) is 0.167. The third kappa shape index (κ3) is 4.41. The van der Waals surface area contributed by atoms with E-state index >= 15 is 0 Å². The van der Waals surface area contributed by atoms with E-state index in [0.717, 1.165) is 27.1 Å². The van der Waals surface area contributed by atoms with Crippen LogP contribution < -0.4 is 10.9 Å². The Morgan fingerprint density at radius 3 is 2.60 bits per heavy atom. The number of para-hydroxylation sites is 1. The van der Waals surface area contributed by atoms with Gasteiger partial charge in [0.2, 0.25) is 0 Å². The average molecular weight is 493 g/mol. The number of carbonyl (C=O) groups excluding carboxylic acids is 2. The number of nitro benzene ring substituents is 1. The summed E-state index contributed by atoms with van der Waals surface area (Å²) >= 11 is 1.01. The molecule has 35 heavy (non-hydrogen) atoms. The summed E-state index contributed by atoms with van der Waals surface area (Å²) in [5.74, 6) is -1.47. The van der Waals surface area contributed by atoms with Crippen molar-refractivity contribution in [3.05, 3.63) is 90.7 Å². The largest absolute Gasteiger partial charge is 0.461 e. The molecule has 0 spiro atoms. The second-order valence-corrected chi connectivity index (χ2v) is 8.52. The standard InChI is InChI=1S/C24H20N4O6S/c1-4-34-24(31)20-17-12-35-22(25-21(29)16-7-5-6-8-18(16)28(32)33)19(17)23(30)27(26-20)15-10-9-13(2)14(3)11-15/h5-12H,4H2,1-3H3,(H,25,29). The van der Waals surface area contributed by atoms with Crippen molar-refractivity contribution in [2.45, 2.75) is 20.8 Å². The zero-order valence-corrected chi connectivity index (χ0v) is 19.8. The number of esters is 1. The van der Waals surface area contributed by atoms with Gasteiger partial charge in [-0.05, 0) is 50.1 Å². The van der Waals surface area contributed by atoms with Gasteiger partial charge in [-0.25, -0.2) is 4.79 Å². The van der Waals surface area contributed by atoms with Crippen LogP contribution in [0.15, 0.2) is 52.6 Å². The molecular weight excluding hydrogens is 472 g/mol. The summed E-state index contributed by atoms with van der Waals surface area (Å²) in [6.45, 7) is 5.58. The van der Waals surface area contributed by atoms with E-state index in [-0.39, 0.29) is 39.3 Å². The van der Waals surface area contributed by atoms with Gasteiger partial charge in [0, 0.05) is 16.8 Å². The van der Waals surface area contributed by atoms with Crippen LogP contribution >= 0.6 is 11.3 Å². The maximum atomic E-state index is 13.5. The number of anilines is 1. The van der Waals surface area contributed by atoms with Crippen LogP contribution in [0.25, 0.3) is 16.5 Å². The van der Waals surface area contributed by atoms with Gasteiger partial charge < -0.3 is 10.1 Å². The van der Waals surface area contributed by atoms with Crippen molar-refractivity contribution >= 4 is 44.7 Å². The Balaban J connectivity index is 1.90. The zero-order valence-electron chi connectivity index (χ0n) is 19.0. The summed E-state index contributed by atoms with van der Waals surface area (Å²) in [6, 6.07) is 10.8. The monoisotopic (exact) mass is 492 g/mol. The number of hydrogen-bond acceptors (Lipinski definition) is 8. The van der Waals surface area contributed by atoms with E-state index < -0.39 is 22.4 Å². The average Bonchev–Trinajstić information content (AvgIpc) is 3.25. The molecule has 0 atom stereocenters. The van der Waals surface area contributed by atoms with Crippen LogP contribution in [0.1, 0.15) is 38.9 Å². The van der Waals surface area contributed by atoms with Crippen LogP contribution in [-0.4, -0.2) is 33.2 Å². The van der Waals surface area contributed by atoms with Gasteiger partial charge in [0.05, 0.1) is 22.6 Å². The summed E-state index contributed by atoms with van der Waals surface area (Å²) in [7, 11) is 0. The van der Waals surface area contributed by atoms with Gasteiger partial charge in [0.1, 0.15) is 10.6 Å². The van der Waals surface area contributed by atoms with Crippen LogP contribution in [0, 0.1) is 24.0 Å². The van der Waals surface area contributed by atoms with Gasteiger partial charge in [-0.2, -0.15) is 9.78 Å². The predicted octanol–water partition coefficient (Wildman–Crippen LogP) is 4.40. The van der Waals surface area contributed by atoms with E-state index in [2.05, 4.69) is 10.4 Å². The summed E-state index contributed by atoms with van der Waals surface area (Å²) in [4.78, 5) is 49.8. The number of thiophene rings is 1. The lowest BCUT2D eigenvalue weighted by molar-refractivity contribution is -0.385. The Hall–Kier alpha value is -4.38. The maximum Gasteiger partial charge on any atom is 0.359 e. The molecule has 11 heteroatoms. The number of rotatable bonds is 6. The molecule has 10 nitrogen and oxygen atoms in total. The number of nitrogens with zero attached hydrogens (tertiary/aromatic N) is 3. The highest BCUT2D eigenvalue weighted by Crippen LogP contribution is 2.32. The number of amides is 1. The molecule has 2 aromatic heterocycles. The lowest BCUT2D eigenvalue weighted by Gasteiger charge is -2.11. The molecule has 4 rings (SSSR count). The van der Waals surface area contributed by atoms with Gasteiger partial charge >= 0.3 is 5.97 Å². The number of nitro groups is 1. The Kier molecular flexibility index (Phi) is 6.43. The molecule has 0 saturated carbocycles. The van der Waals surface area contributed by atoms with Crippen molar-refractivity contribution in [3.8, 4) is 5.69 Å². The highest BCUT2D eigenvalue weighted by molar-refractivity contribution is 7.16. The highest BCUT2D eigenvalue weighted by Gasteiger charge is 2.25. The number of aryl methyl sites for hydroxylation is 2. The Bertz CT molecular complexity index is 1560. The summed E-state index contributed by atoms with van der Waals surface area (Å²) in [6.07, 6.45) is 0. The Morgan fingerprint density at radius 2 is 1.91 bits per heavy atom. The van der Waals surface area contributed by atoms with Gasteiger partial charge in [-0.1, -0.05) is 18.2 Å². The molecule has 0 fully saturated rings. The maximum absolute atomic E-state index is 13.5. The first-order chi connectivity index (χ1) is 16.7. The van der Waals surface area contributed by atoms with E-state index in [0.29, 0.717) is 5.69 Å². The third-order valence-corrected chi connectivity index (χ3v) is 6.32. The first-order valence-electron chi connectivity index (χ1n) is 10.6. The molecule has 0 saturated heterocycles. The third-order valence-electron chi connectivity index (χ3n) is 5.43. The molecule has 1 amide bonds. The first kappa shape index (κ1) is 23.8. The minimum absolute atomic E-state index is 0.0539. The minimum atomic E-state index is -0.757. The molecule has 4 aromatic rings. The number of nitrogens with one attached hydrogen (secondary N) is 1. The van der Waals surface area contributed by atoms with Crippen LogP contribution in [0.2, 0.25) is 0 Å². The molecule has 0 aliphatic heterocycles. The van der Waals surface area contributed by atoms with Crippen molar-refractivity contribution in [1.82, 2.24) is 9.78 Å². The van der Waals surface area contributed by atoms with E-state index in [1.54, 1.807) is 19.1 Å². The van der Waals surface area contributed by atoms with Crippen LogP contribution in [-0.2, 0) is 4.74 Å². The first-order valence-corrected chi connectivity index (χ1v) is 11.4. The number of carbonyl (C=O) groups is 2. The fourth-order valence-corrected chi connectivity index (χ4v) is 4.45. The molecule has 0 bridgehead atoms. The van der Waals surface area contributed by atoms with Crippen molar-refractivity contribution in [2.24, 2.45) is 0 Å². The summed E-state index contributed by atoms with van der Waals surface area (Å²) in [5, 5.41) is 20.2. The number of ether oxygens (including phenoxy) is 1. The van der Waals surface area contributed by atoms with Crippen molar-refractivity contribution < 1.29 is 19.2 Å². The SMILES string of the molecule is CCOC(=O)c1nn(-c2ccc(C)c(C)c2)c(=O)c2c(NC(=O)c3ccccc3[N+](=O)[O-])scc12. The topological polar surface area (TPSA) is 133 Å². The number of benzene rings is 2. The van der Waals surface area contributed by atoms with E-state index in [1.807, 2.05) is 19.9 Å². The molecular formula is C24H20N4O6S. The van der Waals surface area contributed by atoms with Crippen LogP contribution in [0.4, 0.5) is 10.7 Å². The van der Waals surface area contributed by atoms with Gasteiger partial charge in [-0.3, -0.25) is 19.7 Å². The highest BCUT2D eigenvalue weighted by atomic mass is 32.1. The van der Waals surface area contributed by atoms with E-state index in [1.165, 1.54) is 29.6 Å². The second kappa shape index (κ2) is 9.47. The van der Waals surface area contributed by atoms with Gasteiger partial charge in [0.15, 0.2) is 5.69 Å². The number of hydrogen-bond donors (Lipinski definition) is 1. The summed E-state index contributed by atoms with van der Waals surface area (Å²) < 4.78 is 6.23. The molecule has 0 aliphatic carbocycles. The molecule has 0 unspecified atom stereocenters. The Morgan fingerprint density at radius 1 is 1.17 bits per heavy atom. The molecule has 0 aliphatic rings. The number of aromatic nitrogens is 2. The van der Waals surface area contributed by atoms with E-state index in [9.17, 15) is 24.5 Å². The second-order valence-electron chi connectivity index (χ2n) is 7.64. The lowest BCUT2D eigenvalue weighted by Crippen LogP contribution is -2.25. The molecule has 0 radical (unpaired) electrons. The fourth-order valence-electron chi connectivity index (χ4n) is 3.52. The lowest BCUT2D eigenvalue weighted by atomic mass is 10.1. The smallest absolute Gasteiger partial charge is 0.359 e. The van der Waals surface area contributed by atoms with Gasteiger partial charge in [0.25, 0.3) is 17.2 Å². The van der Waals surface area contributed by atoms with Crippen LogP contribution in [0.5, 0.6) is 0 Å². The quantitative estimate of drug-likeness (QED) is 0.239. The van der Waals surface area contributed by atoms with E-state index in [4.69, 9.17) is 4.74 Å².